The first-order valence-corrected chi connectivity index (χ1v) is 9.34. The highest BCUT2D eigenvalue weighted by Crippen LogP contribution is 2.25. The van der Waals surface area contributed by atoms with E-state index in [0.29, 0.717) is 48.5 Å². The molecule has 0 spiro atoms. The molecule has 0 atom stereocenters. The Hall–Kier alpha value is -3.05. The molecule has 27 heavy (non-hydrogen) atoms. The quantitative estimate of drug-likeness (QED) is 0.682. The van der Waals surface area contributed by atoms with Gasteiger partial charge in [0.15, 0.2) is 0 Å². The fraction of sp³-hybridized carbons (Fsp3) is 0.263. The molecule has 3 aromatic rings. The van der Waals surface area contributed by atoms with Crippen molar-refractivity contribution >= 4 is 33.3 Å². The van der Waals surface area contributed by atoms with Crippen LogP contribution in [0.3, 0.4) is 0 Å². The summed E-state index contributed by atoms with van der Waals surface area (Å²) in [7, 11) is 0. The van der Waals surface area contributed by atoms with Gasteiger partial charge in [0.2, 0.25) is 0 Å². The molecule has 0 aliphatic carbocycles. The van der Waals surface area contributed by atoms with Crippen molar-refractivity contribution in [3.05, 3.63) is 52.4 Å². The SMILES string of the molecule is Cc1nc2c(C(=O)N3CCN(c4cc(F)cc(C#N)c4)CC3)ccnc2s1. The molecule has 4 rings (SSSR count). The molecule has 6 nitrogen and oxygen atoms in total. The molecule has 8 heteroatoms. The number of hydrogen-bond donors (Lipinski definition) is 0. The van der Waals surface area contributed by atoms with Crippen LogP contribution in [-0.2, 0) is 0 Å². The largest absolute Gasteiger partial charge is 0.368 e. The molecule has 2 aromatic heterocycles. The maximum absolute atomic E-state index is 13.7. The second kappa shape index (κ2) is 6.93. The lowest BCUT2D eigenvalue weighted by atomic mass is 10.1. The molecular formula is C19H16FN5OS. The van der Waals surface area contributed by atoms with Crippen molar-refractivity contribution in [2.75, 3.05) is 31.1 Å². The molecule has 1 amide bonds. The molecule has 1 fully saturated rings. The van der Waals surface area contributed by atoms with Gasteiger partial charge in [-0.3, -0.25) is 4.79 Å². The number of carbonyl (C=O) groups excluding carboxylic acids is 1. The standard InChI is InChI=1S/C19H16FN5OS/c1-12-23-17-16(2-3-22-18(17)27-12)19(26)25-6-4-24(5-7-25)15-9-13(11-21)8-14(20)10-15/h2-3,8-10H,4-7H2,1H3. The number of carbonyl (C=O) groups is 1. The average molecular weight is 381 g/mol. The van der Waals surface area contributed by atoms with E-state index in [1.807, 2.05) is 17.9 Å². The van der Waals surface area contributed by atoms with Gasteiger partial charge in [0, 0.05) is 38.1 Å². The van der Waals surface area contributed by atoms with Crippen molar-refractivity contribution in [3.63, 3.8) is 0 Å². The molecule has 1 saturated heterocycles. The average Bonchev–Trinajstić information content (AvgIpc) is 3.07. The van der Waals surface area contributed by atoms with Crippen LogP contribution in [-0.4, -0.2) is 47.0 Å². The molecule has 0 unspecified atom stereocenters. The summed E-state index contributed by atoms with van der Waals surface area (Å²) >= 11 is 1.47. The summed E-state index contributed by atoms with van der Waals surface area (Å²) in [6.07, 6.45) is 1.64. The van der Waals surface area contributed by atoms with Gasteiger partial charge in [-0.05, 0) is 31.2 Å². The van der Waals surface area contributed by atoms with Crippen LogP contribution in [0.5, 0.6) is 0 Å². The second-order valence-electron chi connectivity index (χ2n) is 6.33. The number of rotatable bonds is 2. The van der Waals surface area contributed by atoms with Crippen molar-refractivity contribution in [2.45, 2.75) is 6.92 Å². The number of nitriles is 1. The lowest BCUT2D eigenvalue weighted by Crippen LogP contribution is -2.48. The number of fused-ring (bicyclic) bond motifs is 1. The number of hydrogen-bond acceptors (Lipinski definition) is 6. The minimum Gasteiger partial charge on any atom is -0.368 e. The number of anilines is 1. The van der Waals surface area contributed by atoms with Gasteiger partial charge in [0.05, 0.1) is 22.2 Å². The minimum absolute atomic E-state index is 0.0655. The van der Waals surface area contributed by atoms with Crippen LogP contribution in [0.4, 0.5) is 10.1 Å². The lowest BCUT2D eigenvalue weighted by Gasteiger charge is -2.36. The molecule has 136 valence electrons. The van der Waals surface area contributed by atoms with E-state index in [2.05, 4.69) is 9.97 Å². The predicted molar refractivity (Wildman–Crippen MR) is 101 cm³/mol. The summed E-state index contributed by atoms with van der Waals surface area (Å²) in [5.41, 5.74) is 2.17. The second-order valence-corrected chi connectivity index (χ2v) is 7.52. The zero-order valence-corrected chi connectivity index (χ0v) is 15.5. The van der Waals surface area contributed by atoms with E-state index in [9.17, 15) is 9.18 Å². The van der Waals surface area contributed by atoms with Gasteiger partial charge in [-0.1, -0.05) is 11.3 Å². The minimum atomic E-state index is -0.430. The van der Waals surface area contributed by atoms with E-state index in [0.717, 1.165) is 9.84 Å². The number of nitrogens with zero attached hydrogens (tertiary/aromatic N) is 5. The molecule has 0 radical (unpaired) electrons. The third-order valence-corrected chi connectivity index (χ3v) is 5.46. The normalized spacial score (nSPS) is 14.4. The maximum atomic E-state index is 13.7. The Morgan fingerprint density at radius 2 is 2.04 bits per heavy atom. The summed E-state index contributed by atoms with van der Waals surface area (Å²) in [4.78, 5) is 26.2. The number of halogens is 1. The smallest absolute Gasteiger partial charge is 0.256 e. The number of benzene rings is 1. The lowest BCUT2D eigenvalue weighted by molar-refractivity contribution is 0.0748. The summed E-state index contributed by atoms with van der Waals surface area (Å²) in [5, 5.41) is 9.89. The van der Waals surface area contributed by atoms with E-state index < -0.39 is 5.82 Å². The Kier molecular flexibility index (Phi) is 4.46. The van der Waals surface area contributed by atoms with Crippen molar-refractivity contribution in [2.24, 2.45) is 0 Å². The van der Waals surface area contributed by atoms with Crippen LogP contribution in [0, 0.1) is 24.1 Å². The number of amides is 1. The Bertz CT molecular complexity index is 1070. The molecular weight excluding hydrogens is 365 g/mol. The number of aromatic nitrogens is 2. The monoisotopic (exact) mass is 381 g/mol. The summed E-state index contributed by atoms with van der Waals surface area (Å²) in [5.74, 6) is -0.495. The van der Waals surface area contributed by atoms with Crippen LogP contribution in [0.25, 0.3) is 10.3 Å². The zero-order chi connectivity index (χ0) is 19.0. The van der Waals surface area contributed by atoms with Crippen LogP contribution in [0.15, 0.2) is 30.5 Å². The first kappa shape index (κ1) is 17.4. The molecule has 0 N–H and O–H groups in total. The Balaban J connectivity index is 1.51. The molecule has 1 aromatic carbocycles. The highest BCUT2D eigenvalue weighted by Gasteiger charge is 2.25. The third-order valence-electron chi connectivity index (χ3n) is 4.58. The third kappa shape index (κ3) is 3.34. The first-order chi connectivity index (χ1) is 13.0. The number of thiazole rings is 1. The Labute approximate surface area is 159 Å². The molecule has 0 bridgehead atoms. The number of pyridine rings is 1. The summed E-state index contributed by atoms with van der Waals surface area (Å²) in [6.45, 7) is 4.08. The fourth-order valence-corrected chi connectivity index (χ4v) is 4.05. The maximum Gasteiger partial charge on any atom is 0.256 e. The Morgan fingerprint density at radius 1 is 1.26 bits per heavy atom. The molecule has 1 aliphatic rings. The van der Waals surface area contributed by atoms with Gasteiger partial charge in [-0.15, -0.1) is 0 Å². The van der Waals surface area contributed by atoms with Crippen molar-refractivity contribution in [1.29, 1.82) is 5.26 Å². The topological polar surface area (TPSA) is 73.1 Å². The van der Waals surface area contributed by atoms with Gasteiger partial charge < -0.3 is 9.80 Å². The fourth-order valence-electron chi connectivity index (χ4n) is 3.27. The van der Waals surface area contributed by atoms with Crippen LogP contribution >= 0.6 is 11.3 Å². The van der Waals surface area contributed by atoms with E-state index in [4.69, 9.17) is 5.26 Å². The van der Waals surface area contributed by atoms with Crippen LogP contribution in [0.2, 0.25) is 0 Å². The van der Waals surface area contributed by atoms with E-state index in [1.165, 1.54) is 23.5 Å². The summed E-state index contributed by atoms with van der Waals surface area (Å²) in [6, 6.07) is 7.99. The van der Waals surface area contributed by atoms with Gasteiger partial charge in [-0.2, -0.15) is 5.26 Å². The molecule has 3 heterocycles. The number of piperazine rings is 1. The highest BCUT2D eigenvalue weighted by molar-refractivity contribution is 7.18. The van der Waals surface area contributed by atoms with E-state index >= 15 is 0 Å². The number of aryl methyl sites for hydroxylation is 1. The predicted octanol–water partition coefficient (Wildman–Crippen LogP) is 2.97. The molecule has 0 saturated carbocycles. The Morgan fingerprint density at radius 3 is 2.78 bits per heavy atom. The van der Waals surface area contributed by atoms with E-state index in [-0.39, 0.29) is 5.91 Å². The first-order valence-electron chi connectivity index (χ1n) is 8.52. The van der Waals surface area contributed by atoms with Gasteiger partial charge >= 0.3 is 0 Å². The van der Waals surface area contributed by atoms with Gasteiger partial charge in [0.1, 0.15) is 16.2 Å². The van der Waals surface area contributed by atoms with Crippen molar-refractivity contribution < 1.29 is 9.18 Å². The van der Waals surface area contributed by atoms with Crippen LogP contribution in [0.1, 0.15) is 20.9 Å². The van der Waals surface area contributed by atoms with Gasteiger partial charge in [-0.25, -0.2) is 14.4 Å². The van der Waals surface area contributed by atoms with Crippen molar-refractivity contribution in [1.82, 2.24) is 14.9 Å². The van der Waals surface area contributed by atoms with E-state index in [1.54, 1.807) is 23.2 Å². The van der Waals surface area contributed by atoms with Crippen LogP contribution < -0.4 is 4.90 Å². The molecule has 1 aliphatic heterocycles. The summed E-state index contributed by atoms with van der Waals surface area (Å²) < 4.78 is 13.7. The van der Waals surface area contributed by atoms with Gasteiger partial charge in [0.25, 0.3) is 5.91 Å². The zero-order valence-electron chi connectivity index (χ0n) is 14.6. The highest BCUT2D eigenvalue weighted by atomic mass is 32.1. The van der Waals surface area contributed by atoms with Crippen molar-refractivity contribution in [3.8, 4) is 6.07 Å².